The number of aliphatic hydroxyl groups excluding tert-OH is 1. The number of hydrogen-bond acceptors (Lipinski definition) is 4. The predicted octanol–water partition coefficient (Wildman–Crippen LogP) is 6.76. The first-order chi connectivity index (χ1) is 16.4. The number of carbonyl (C=O) groups is 1. The van der Waals surface area contributed by atoms with Crippen molar-refractivity contribution in [2.24, 2.45) is 0 Å². The summed E-state index contributed by atoms with van der Waals surface area (Å²) in [6.45, 7) is 13.9. The number of ether oxygens (including phenoxy) is 1. The lowest BCUT2D eigenvalue weighted by Crippen LogP contribution is -2.45. The summed E-state index contributed by atoms with van der Waals surface area (Å²) in [5.41, 5.74) is 3.03. The van der Waals surface area contributed by atoms with E-state index in [2.05, 4.69) is 37.8 Å². The number of nitrogens with zero attached hydrogens (tertiary/aromatic N) is 1. The Balaban J connectivity index is 0.000000631. The second-order valence-electron chi connectivity index (χ2n) is 8.67. The molecule has 3 rings (SSSR count). The van der Waals surface area contributed by atoms with Gasteiger partial charge in [0.2, 0.25) is 0 Å². The molecule has 0 atom stereocenters. The van der Waals surface area contributed by atoms with Gasteiger partial charge in [-0.15, -0.1) is 0 Å². The van der Waals surface area contributed by atoms with Crippen LogP contribution < -0.4 is 4.74 Å². The summed E-state index contributed by atoms with van der Waals surface area (Å²) in [6, 6.07) is 14.0. The standard InChI is InChI=1S/C22H26ClNO2.C5H12O.C2H6/c1-17-3-7-20(8-4-17)26-14-13-24-11-9-22(16-25,10-12-24)21-15-19(23)6-5-18(21)2;1-2-3-4-5-6;1-2/h3-8,15-16H,9-14H2,1-2H3;6H,2-5H2,1H3;1-2H3. The molecule has 1 heterocycles. The van der Waals surface area contributed by atoms with E-state index in [-0.39, 0.29) is 0 Å². The maximum Gasteiger partial charge on any atom is 0.130 e. The number of likely N-dealkylation sites (tertiary alicyclic amines) is 1. The minimum absolute atomic E-state index is 0.355. The average molecular weight is 490 g/mol. The van der Waals surface area contributed by atoms with Crippen LogP contribution in [0.25, 0.3) is 0 Å². The number of aliphatic hydroxyl groups is 1. The van der Waals surface area contributed by atoms with Gasteiger partial charge < -0.3 is 14.6 Å². The van der Waals surface area contributed by atoms with Gasteiger partial charge in [-0.05, 0) is 81.6 Å². The van der Waals surface area contributed by atoms with Crippen molar-refractivity contribution in [2.45, 2.75) is 72.1 Å². The third-order valence-corrected chi connectivity index (χ3v) is 6.40. The van der Waals surface area contributed by atoms with Gasteiger partial charge in [0, 0.05) is 18.2 Å². The van der Waals surface area contributed by atoms with E-state index in [0.29, 0.717) is 18.2 Å². The van der Waals surface area contributed by atoms with Crippen molar-refractivity contribution in [1.29, 1.82) is 0 Å². The average Bonchev–Trinajstić information content (AvgIpc) is 2.87. The first-order valence-electron chi connectivity index (χ1n) is 12.7. The molecule has 0 radical (unpaired) electrons. The molecule has 34 heavy (non-hydrogen) atoms. The van der Waals surface area contributed by atoms with Crippen molar-refractivity contribution >= 4 is 17.9 Å². The van der Waals surface area contributed by atoms with Crippen LogP contribution in [-0.2, 0) is 10.2 Å². The number of unbranched alkanes of at least 4 members (excludes halogenated alkanes) is 2. The highest BCUT2D eigenvalue weighted by atomic mass is 35.5. The number of aldehydes is 1. The Bertz CT molecular complexity index is 811. The number of hydrogen-bond donors (Lipinski definition) is 1. The van der Waals surface area contributed by atoms with E-state index in [1.807, 2.05) is 44.2 Å². The fourth-order valence-corrected chi connectivity index (χ4v) is 4.22. The Morgan fingerprint density at radius 3 is 2.24 bits per heavy atom. The predicted molar refractivity (Wildman–Crippen MR) is 144 cm³/mol. The van der Waals surface area contributed by atoms with Crippen LogP contribution in [0.15, 0.2) is 42.5 Å². The summed E-state index contributed by atoms with van der Waals surface area (Å²) in [6.07, 6.45) is 6.10. The fraction of sp³-hybridized carbons (Fsp3) is 0.552. The van der Waals surface area contributed by atoms with E-state index in [4.69, 9.17) is 21.4 Å². The zero-order valence-electron chi connectivity index (χ0n) is 21.8. The van der Waals surface area contributed by atoms with Gasteiger partial charge in [0.15, 0.2) is 0 Å². The first kappa shape index (κ1) is 30.2. The topological polar surface area (TPSA) is 49.8 Å². The zero-order chi connectivity index (χ0) is 25.4. The summed E-state index contributed by atoms with van der Waals surface area (Å²) in [7, 11) is 0. The fourth-order valence-electron chi connectivity index (χ4n) is 4.05. The Labute approximate surface area is 212 Å². The van der Waals surface area contributed by atoms with Gasteiger partial charge in [0.1, 0.15) is 18.6 Å². The molecule has 0 saturated carbocycles. The van der Waals surface area contributed by atoms with Crippen LogP contribution in [0.3, 0.4) is 0 Å². The van der Waals surface area contributed by atoms with Gasteiger partial charge in [-0.25, -0.2) is 0 Å². The monoisotopic (exact) mass is 489 g/mol. The molecule has 4 nitrogen and oxygen atoms in total. The van der Waals surface area contributed by atoms with E-state index < -0.39 is 5.41 Å². The normalized spacial score (nSPS) is 14.8. The Morgan fingerprint density at radius 2 is 1.71 bits per heavy atom. The number of halogens is 1. The molecule has 0 amide bonds. The number of benzene rings is 2. The highest BCUT2D eigenvalue weighted by molar-refractivity contribution is 6.30. The maximum atomic E-state index is 12.0. The van der Waals surface area contributed by atoms with E-state index in [1.165, 1.54) is 12.0 Å². The van der Waals surface area contributed by atoms with Crippen molar-refractivity contribution < 1.29 is 14.6 Å². The van der Waals surface area contributed by atoms with Crippen LogP contribution in [0.5, 0.6) is 5.75 Å². The lowest BCUT2D eigenvalue weighted by atomic mass is 9.72. The van der Waals surface area contributed by atoms with E-state index in [9.17, 15) is 4.79 Å². The minimum Gasteiger partial charge on any atom is -0.492 e. The molecule has 0 unspecified atom stereocenters. The van der Waals surface area contributed by atoms with Crippen LogP contribution in [0.2, 0.25) is 5.02 Å². The molecular formula is C29H44ClNO3. The van der Waals surface area contributed by atoms with Crippen LogP contribution in [0.1, 0.15) is 69.6 Å². The largest absolute Gasteiger partial charge is 0.492 e. The quantitative estimate of drug-likeness (QED) is 0.312. The van der Waals surface area contributed by atoms with Crippen LogP contribution >= 0.6 is 11.6 Å². The van der Waals surface area contributed by atoms with Crippen molar-refractivity contribution in [1.82, 2.24) is 4.90 Å². The maximum absolute atomic E-state index is 12.0. The smallest absolute Gasteiger partial charge is 0.130 e. The van der Waals surface area contributed by atoms with E-state index in [0.717, 1.165) is 68.5 Å². The van der Waals surface area contributed by atoms with Gasteiger partial charge >= 0.3 is 0 Å². The summed E-state index contributed by atoms with van der Waals surface area (Å²) in [5.74, 6) is 0.907. The third-order valence-electron chi connectivity index (χ3n) is 6.17. The van der Waals surface area contributed by atoms with Crippen molar-refractivity contribution in [3.8, 4) is 5.75 Å². The van der Waals surface area contributed by atoms with E-state index >= 15 is 0 Å². The molecule has 0 aliphatic carbocycles. The van der Waals surface area contributed by atoms with Gasteiger partial charge in [-0.2, -0.15) is 0 Å². The molecule has 0 bridgehead atoms. The zero-order valence-corrected chi connectivity index (χ0v) is 22.5. The van der Waals surface area contributed by atoms with Gasteiger partial charge in [-0.3, -0.25) is 4.90 Å². The molecule has 1 saturated heterocycles. The lowest BCUT2D eigenvalue weighted by Gasteiger charge is -2.39. The molecule has 1 aliphatic rings. The third kappa shape index (κ3) is 9.77. The molecule has 1 fully saturated rings. The number of carbonyl (C=O) groups excluding carboxylic acids is 1. The van der Waals surface area contributed by atoms with E-state index in [1.54, 1.807) is 0 Å². The van der Waals surface area contributed by atoms with Crippen LogP contribution in [0, 0.1) is 13.8 Å². The Kier molecular flexibility index (Phi) is 14.8. The highest BCUT2D eigenvalue weighted by Gasteiger charge is 2.37. The van der Waals surface area contributed by atoms with Crippen molar-refractivity contribution in [3.63, 3.8) is 0 Å². The summed E-state index contributed by atoms with van der Waals surface area (Å²) < 4.78 is 5.83. The van der Waals surface area contributed by atoms with Crippen molar-refractivity contribution in [3.05, 3.63) is 64.2 Å². The molecule has 0 aromatic heterocycles. The van der Waals surface area contributed by atoms with Crippen LogP contribution in [-0.4, -0.2) is 49.1 Å². The molecule has 190 valence electrons. The SMILES string of the molecule is CC.CCCCCO.Cc1ccc(OCCN2CCC(C=O)(c3cc(Cl)ccc3C)CC2)cc1. The number of piperidine rings is 1. The molecule has 0 spiro atoms. The van der Waals surface area contributed by atoms with Gasteiger partial charge in [-0.1, -0.05) is 69.0 Å². The molecule has 5 heteroatoms. The van der Waals surface area contributed by atoms with Gasteiger partial charge in [0.25, 0.3) is 0 Å². The molecule has 1 N–H and O–H groups in total. The number of aryl methyl sites for hydroxylation is 2. The summed E-state index contributed by atoms with van der Waals surface area (Å²) >= 11 is 6.18. The van der Waals surface area contributed by atoms with Crippen molar-refractivity contribution in [2.75, 3.05) is 32.8 Å². The second kappa shape index (κ2) is 16.7. The second-order valence-corrected chi connectivity index (χ2v) is 9.10. The lowest BCUT2D eigenvalue weighted by molar-refractivity contribution is -0.114. The molecular weight excluding hydrogens is 446 g/mol. The summed E-state index contributed by atoms with van der Waals surface area (Å²) in [5, 5.41) is 8.89. The minimum atomic E-state index is -0.413. The molecule has 2 aromatic carbocycles. The Hall–Kier alpha value is -1.88. The highest BCUT2D eigenvalue weighted by Crippen LogP contribution is 2.36. The first-order valence-corrected chi connectivity index (χ1v) is 13.1. The van der Waals surface area contributed by atoms with Gasteiger partial charge in [0.05, 0.1) is 5.41 Å². The van der Waals surface area contributed by atoms with Crippen LogP contribution in [0.4, 0.5) is 0 Å². The molecule has 1 aliphatic heterocycles. The molecule has 2 aromatic rings. The number of rotatable bonds is 9. The summed E-state index contributed by atoms with van der Waals surface area (Å²) in [4.78, 5) is 14.4. The Morgan fingerprint density at radius 1 is 1.06 bits per heavy atom.